The average Bonchev–Trinajstić information content (AvgIpc) is 2.06. The summed E-state index contributed by atoms with van der Waals surface area (Å²) < 4.78 is 22.2. The Balaban J connectivity index is 3.17. The van der Waals surface area contributed by atoms with Crippen molar-refractivity contribution in [3.8, 4) is 0 Å². The molecule has 0 saturated heterocycles. The lowest BCUT2D eigenvalue weighted by atomic mass is 10.4. The van der Waals surface area contributed by atoms with Crippen molar-refractivity contribution in [3.05, 3.63) is 30.3 Å². The highest BCUT2D eigenvalue weighted by Crippen LogP contribution is 2.16. The minimum absolute atomic E-state index is 0.201. The molecule has 0 spiro atoms. The molecule has 65 valence electrons. The first-order valence-corrected chi connectivity index (χ1v) is 5.50. The van der Waals surface area contributed by atoms with Gasteiger partial charge in [-0.25, -0.2) is 8.42 Å². The van der Waals surface area contributed by atoms with Gasteiger partial charge in [0.15, 0.2) is 9.84 Å². The lowest BCUT2D eigenvalue weighted by molar-refractivity contribution is 0.595. The van der Waals surface area contributed by atoms with E-state index in [1.807, 2.05) is 0 Å². The van der Waals surface area contributed by atoms with Crippen LogP contribution in [-0.4, -0.2) is 13.0 Å². The molecule has 0 saturated carbocycles. The van der Waals surface area contributed by atoms with Gasteiger partial charge in [0, 0.05) is 6.07 Å². The molecular formula is C8H9O2S2. The minimum Gasteiger partial charge on any atom is -0.223 e. The fraction of sp³-hybridized carbons (Fsp3) is 0.250. The maximum absolute atomic E-state index is 11.4. The van der Waals surface area contributed by atoms with Gasteiger partial charge >= 0.3 is 0 Å². The molecule has 4 heteroatoms. The summed E-state index contributed by atoms with van der Waals surface area (Å²) in [4.78, 5) is 0.201. The molecule has 0 aliphatic rings. The van der Waals surface area contributed by atoms with E-state index in [-0.39, 0.29) is 4.90 Å². The van der Waals surface area contributed by atoms with E-state index in [0.717, 1.165) is 0 Å². The topological polar surface area (TPSA) is 34.1 Å². The summed E-state index contributed by atoms with van der Waals surface area (Å²) in [6.45, 7) is 1.53. The molecule has 1 radical (unpaired) electrons. The summed E-state index contributed by atoms with van der Waals surface area (Å²) in [5, 5.41) is 0. The zero-order valence-corrected chi connectivity index (χ0v) is 8.27. The molecule has 0 heterocycles. The van der Waals surface area contributed by atoms with Crippen LogP contribution in [0.2, 0.25) is 0 Å². The molecule has 0 fully saturated rings. The van der Waals surface area contributed by atoms with Gasteiger partial charge in [-0.1, -0.05) is 18.2 Å². The number of sulfone groups is 1. The van der Waals surface area contributed by atoms with Crippen LogP contribution in [0.5, 0.6) is 0 Å². The predicted octanol–water partition coefficient (Wildman–Crippen LogP) is 1.54. The number of hydrogen-bond donors (Lipinski definition) is 1. The third-order valence-electron chi connectivity index (χ3n) is 1.44. The third-order valence-corrected chi connectivity index (χ3v) is 4.03. The zero-order chi connectivity index (χ0) is 9.19. The Bertz CT molecular complexity index is 341. The molecular weight excluding hydrogens is 192 g/mol. The molecule has 0 aliphatic carbocycles. The highest BCUT2D eigenvalue weighted by atomic mass is 32.2. The Kier molecular flexibility index (Phi) is 2.80. The van der Waals surface area contributed by atoms with Gasteiger partial charge in [0.25, 0.3) is 0 Å². The SMILES string of the molecule is CC(S)S(=O)(=O)c1[c]cccc1. The van der Waals surface area contributed by atoms with Crippen molar-refractivity contribution in [2.75, 3.05) is 0 Å². The molecule has 12 heavy (non-hydrogen) atoms. The van der Waals surface area contributed by atoms with Gasteiger partial charge in [0.2, 0.25) is 0 Å². The highest BCUT2D eigenvalue weighted by Gasteiger charge is 2.18. The largest absolute Gasteiger partial charge is 0.223 e. The van der Waals surface area contributed by atoms with Crippen LogP contribution in [0.25, 0.3) is 0 Å². The van der Waals surface area contributed by atoms with E-state index in [2.05, 4.69) is 18.7 Å². The number of thiol groups is 1. The molecule has 0 amide bonds. The Labute approximate surface area is 77.9 Å². The molecule has 1 atom stereocenters. The zero-order valence-electron chi connectivity index (χ0n) is 6.56. The van der Waals surface area contributed by atoms with Crippen molar-refractivity contribution in [1.82, 2.24) is 0 Å². The standard InChI is InChI=1S/C8H9O2S2/c1-7(11)12(9,10)8-5-3-2-4-6-8/h2-5,7,11H,1H3. The van der Waals surface area contributed by atoms with E-state index < -0.39 is 14.4 Å². The van der Waals surface area contributed by atoms with Crippen molar-refractivity contribution in [2.45, 2.75) is 16.4 Å². The van der Waals surface area contributed by atoms with Crippen LogP contribution in [0.15, 0.2) is 29.2 Å². The summed E-state index contributed by atoms with van der Waals surface area (Å²) in [6.07, 6.45) is 0. The van der Waals surface area contributed by atoms with Gasteiger partial charge in [-0.15, -0.1) is 0 Å². The van der Waals surface area contributed by atoms with Gasteiger partial charge in [-0.05, 0) is 13.0 Å². The average molecular weight is 201 g/mol. The summed E-state index contributed by atoms with van der Waals surface area (Å²) in [5.74, 6) is 0. The molecule has 0 aromatic heterocycles. The monoisotopic (exact) mass is 201 g/mol. The maximum Gasteiger partial charge on any atom is 0.190 e. The molecule has 1 aromatic carbocycles. The summed E-state index contributed by atoms with van der Waals surface area (Å²) in [7, 11) is -3.27. The Hall–Kier alpha value is -0.480. The maximum atomic E-state index is 11.4. The van der Waals surface area contributed by atoms with Gasteiger partial charge < -0.3 is 0 Å². The van der Waals surface area contributed by atoms with Gasteiger partial charge in [0.05, 0.1) is 4.90 Å². The normalized spacial score (nSPS) is 14.2. The molecule has 1 unspecified atom stereocenters. The van der Waals surface area contributed by atoms with E-state index in [4.69, 9.17) is 0 Å². The van der Waals surface area contributed by atoms with Crippen molar-refractivity contribution in [3.63, 3.8) is 0 Å². The molecule has 0 bridgehead atoms. The van der Waals surface area contributed by atoms with E-state index in [9.17, 15) is 8.42 Å². The third kappa shape index (κ3) is 1.81. The first-order valence-electron chi connectivity index (χ1n) is 3.44. The Morgan fingerprint density at radius 3 is 2.58 bits per heavy atom. The number of hydrogen-bond acceptors (Lipinski definition) is 3. The Morgan fingerprint density at radius 2 is 2.17 bits per heavy atom. The van der Waals surface area contributed by atoms with E-state index >= 15 is 0 Å². The molecule has 1 aromatic rings. The Morgan fingerprint density at radius 1 is 1.50 bits per heavy atom. The van der Waals surface area contributed by atoms with E-state index in [0.29, 0.717) is 0 Å². The molecule has 2 nitrogen and oxygen atoms in total. The lowest BCUT2D eigenvalue weighted by Gasteiger charge is -2.05. The fourth-order valence-electron chi connectivity index (χ4n) is 0.738. The predicted molar refractivity (Wildman–Crippen MR) is 50.9 cm³/mol. The van der Waals surface area contributed by atoms with Gasteiger partial charge in [-0.2, -0.15) is 12.6 Å². The summed E-state index contributed by atoms with van der Waals surface area (Å²) in [6, 6.07) is 9.13. The van der Waals surface area contributed by atoms with Crippen molar-refractivity contribution >= 4 is 22.5 Å². The second-order valence-electron chi connectivity index (χ2n) is 2.37. The smallest absolute Gasteiger partial charge is 0.190 e. The molecule has 0 N–H and O–H groups in total. The van der Waals surface area contributed by atoms with Crippen LogP contribution < -0.4 is 0 Å². The number of benzene rings is 1. The highest BCUT2D eigenvalue weighted by molar-refractivity contribution is 8.04. The van der Waals surface area contributed by atoms with Crippen molar-refractivity contribution in [1.29, 1.82) is 0 Å². The molecule has 1 rings (SSSR count). The van der Waals surface area contributed by atoms with Crippen LogP contribution in [0, 0.1) is 6.07 Å². The second-order valence-corrected chi connectivity index (χ2v) is 5.73. The van der Waals surface area contributed by atoms with Crippen LogP contribution >= 0.6 is 12.6 Å². The van der Waals surface area contributed by atoms with Crippen LogP contribution in [0.3, 0.4) is 0 Å². The summed E-state index contributed by atoms with van der Waals surface area (Å²) in [5.41, 5.74) is 0. The second kappa shape index (κ2) is 3.49. The van der Waals surface area contributed by atoms with Crippen molar-refractivity contribution in [2.24, 2.45) is 0 Å². The minimum atomic E-state index is -3.27. The van der Waals surface area contributed by atoms with Gasteiger partial charge in [0.1, 0.15) is 4.58 Å². The van der Waals surface area contributed by atoms with E-state index in [1.54, 1.807) is 18.2 Å². The lowest BCUT2D eigenvalue weighted by Crippen LogP contribution is -2.11. The first-order chi connectivity index (χ1) is 5.55. The fourth-order valence-corrected chi connectivity index (χ4v) is 1.95. The van der Waals surface area contributed by atoms with Crippen LogP contribution in [0.1, 0.15) is 6.92 Å². The van der Waals surface area contributed by atoms with Crippen molar-refractivity contribution < 1.29 is 8.42 Å². The first kappa shape index (κ1) is 9.61. The number of rotatable bonds is 2. The van der Waals surface area contributed by atoms with Gasteiger partial charge in [-0.3, -0.25) is 0 Å². The van der Waals surface area contributed by atoms with Crippen LogP contribution in [-0.2, 0) is 9.84 Å². The van der Waals surface area contributed by atoms with E-state index in [1.165, 1.54) is 13.0 Å². The quantitative estimate of drug-likeness (QED) is 0.736. The summed E-state index contributed by atoms with van der Waals surface area (Å²) >= 11 is 3.88. The molecule has 0 aliphatic heterocycles. The van der Waals surface area contributed by atoms with Crippen LogP contribution in [0.4, 0.5) is 0 Å².